The fourth-order valence-electron chi connectivity index (χ4n) is 2.12. The maximum absolute atomic E-state index is 11.0. The Hall–Kier alpha value is -1.04. The van der Waals surface area contributed by atoms with Crippen molar-refractivity contribution in [1.29, 1.82) is 0 Å². The first-order valence-electron chi connectivity index (χ1n) is 6.32. The molecule has 0 radical (unpaired) electrons. The molecule has 1 fully saturated rings. The molecule has 0 aromatic carbocycles. The molecule has 0 aliphatic heterocycles. The summed E-state index contributed by atoms with van der Waals surface area (Å²) in [6, 6.07) is 0. The van der Waals surface area contributed by atoms with Crippen molar-refractivity contribution >= 4 is 17.7 Å². The van der Waals surface area contributed by atoms with Gasteiger partial charge in [0.1, 0.15) is 0 Å². The first-order chi connectivity index (χ1) is 8.79. The summed E-state index contributed by atoms with van der Waals surface area (Å²) in [5.41, 5.74) is 0. The van der Waals surface area contributed by atoms with Gasteiger partial charge < -0.3 is 9.15 Å². The van der Waals surface area contributed by atoms with Crippen LogP contribution in [0.3, 0.4) is 0 Å². The SMILES string of the molecule is COC(=O)CCSc1nnc(C2CCCCC2)o1. The van der Waals surface area contributed by atoms with E-state index in [1.54, 1.807) is 0 Å². The monoisotopic (exact) mass is 270 g/mol. The van der Waals surface area contributed by atoms with Crippen LogP contribution in [-0.2, 0) is 9.53 Å². The number of nitrogens with zero attached hydrogens (tertiary/aromatic N) is 2. The van der Waals surface area contributed by atoms with Gasteiger partial charge in [0.2, 0.25) is 5.89 Å². The molecule has 0 amide bonds. The van der Waals surface area contributed by atoms with Crippen molar-refractivity contribution in [1.82, 2.24) is 10.2 Å². The third kappa shape index (κ3) is 3.73. The third-order valence-electron chi connectivity index (χ3n) is 3.14. The molecule has 2 rings (SSSR count). The summed E-state index contributed by atoms with van der Waals surface area (Å²) in [4.78, 5) is 11.0. The molecule has 0 unspecified atom stereocenters. The van der Waals surface area contributed by atoms with Crippen LogP contribution in [0.5, 0.6) is 0 Å². The average molecular weight is 270 g/mol. The number of methoxy groups -OCH3 is 1. The van der Waals surface area contributed by atoms with Gasteiger partial charge in [-0.05, 0) is 12.8 Å². The van der Waals surface area contributed by atoms with Crippen molar-refractivity contribution < 1.29 is 13.9 Å². The highest BCUT2D eigenvalue weighted by molar-refractivity contribution is 7.99. The first kappa shape index (κ1) is 13.4. The second kappa shape index (κ2) is 6.78. The van der Waals surface area contributed by atoms with E-state index in [0.717, 1.165) is 18.7 Å². The molecule has 0 spiro atoms. The molecule has 6 heteroatoms. The standard InChI is InChI=1S/C12H18N2O3S/c1-16-10(15)7-8-18-12-14-13-11(17-12)9-5-3-2-4-6-9/h9H,2-8H2,1H3. The van der Waals surface area contributed by atoms with E-state index in [1.165, 1.54) is 38.1 Å². The van der Waals surface area contributed by atoms with E-state index in [9.17, 15) is 4.79 Å². The van der Waals surface area contributed by atoms with Crippen LogP contribution >= 0.6 is 11.8 Å². The predicted octanol–water partition coefficient (Wildman–Crippen LogP) is 2.77. The van der Waals surface area contributed by atoms with E-state index in [1.807, 2.05) is 0 Å². The highest BCUT2D eigenvalue weighted by Crippen LogP contribution is 2.32. The zero-order valence-corrected chi connectivity index (χ0v) is 11.4. The van der Waals surface area contributed by atoms with E-state index >= 15 is 0 Å². The Bertz CT molecular complexity index is 388. The lowest BCUT2D eigenvalue weighted by molar-refractivity contribution is -0.140. The van der Waals surface area contributed by atoms with Crippen LogP contribution in [0, 0.1) is 0 Å². The van der Waals surface area contributed by atoms with Gasteiger partial charge in [0.25, 0.3) is 5.22 Å². The Morgan fingerprint density at radius 2 is 2.17 bits per heavy atom. The van der Waals surface area contributed by atoms with Gasteiger partial charge in [-0.3, -0.25) is 4.79 Å². The van der Waals surface area contributed by atoms with Gasteiger partial charge in [-0.25, -0.2) is 0 Å². The summed E-state index contributed by atoms with van der Waals surface area (Å²) >= 11 is 1.41. The molecule has 1 aromatic rings. The first-order valence-corrected chi connectivity index (χ1v) is 7.31. The second-order valence-electron chi connectivity index (χ2n) is 4.42. The Labute approximate surface area is 111 Å². The second-order valence-corrected chi connectivity index (χ2v) is 5.46. The summed E-state index contributed by atoms with van der Waals surface area (Å²) in [7, 11) is 1.39. The predicted molar refractivity (Wildman–Crippen MR) is 67.5 cm³/mol. The van der Waals surface area contributed by atoms with Gasteiger partial charge in [-0.2, -0.15) is 0 Å². The fourth-order valence-corrected chi connectivity index (χ4v) is 2.80. The van der Waals surface area contributed by atoms with E-state index in [2.05, 4.69) is 14.9 Å². The Balaban J connectivity index is 1.80. The molecule has 1 aliphatic carbocycles. The van der Waals surface area contributed by atoms with Gasteiger partial charge >= 0.3 is 5.97 Å². The molecule has 1 saturated carbocycles. The zero-order chi connectivity index (χ0) is 12.8. The number of carbonyl (C=O) groups excluding carboxylic acids is 1. The lowest BCUT2D eigenvalue weighted by Gasteiger charge is -2.17. The molecular weight excluding hydrogens is 252 g/mol. The summed E-state index contributed by atoms with van der Waals surface area (Å²) in [5, 5.41) is 8.67. The van der Waals surface area contributed by atoms with Crippen molar-refractivity contribution in [3.05, 3.63) is 5.89 Å². The normalized spacial score (nSPS) is 16.7. The molecule has 1 aliphatic rings. The molecule has 0 saturated heterocycles. The van der Waals surface area contributed by atoms with Gasteiger partial charge in [0.15, 0.2) is 0 Å². The molecule has 1 heterocycles. The molecular formula is C12H18N2O3S. The quantitative estimate of drug-likeness (QED) is 0.605. The smallest absolute Gasteiger partial charge is 0.306 e. The topological polar surface area (TPSA) is 65.2 Å². The number of carbonyl (C=O) groups is 1. The van der Waals surface area contributed by atoms with E-state index in [-0.39, 0.29) is 5.97 Å². The number of ether oxygens (including phenoxy) is 1. The number of hydrogen-bond acceptors (Lipinski definition) is 6. The van der Waals surface area contributed by atoms with Gasteiger partial charge in [-0.15, -0.1) is 10.2 Å². The highest BCUT2D eigenvalue weighted by Gasteiger charge is 2.21. The van der Waals surface area contributed by atoms with Crippen LogP contribution in [0.1, 0.15) is 50.3 Å². The van der Waals surface area contributed by atoms with Gasteiger partial charge in [0.05, 0.1) is 13.5 Å². The molecule has 100 valence electrons. The Kier molecular flexibility index (Phi) is 5.04. The minimum absolute atomic E-state index is 0.213. The van der Waals surface area contributed by atoms with Crippen molar-refractivity contribution in [3.8, 4) is 0 Å². The molecule has 0 bridgehead atoms. The molecule has 5 nitrogen and oxygen atoms in total. The lowest BCUT2D eigenvalue weighted by Crippen LogP contribution is -2.04. The molecule has 18 heavy (non-hydrogen) atoms. The maximum Gasteiger partial charge on any atom is 0.306 e. The minimum Gasteiger partial charge on any atom is -0.469 e. The van der Waals surface area contributed by atoms with Crippen LogP contribution in [0.4, 0.5) is 0 Å². The number of thioether (sulfide) groups is 1. The van der Waals surface area contributed by atoms with E-state index in [0.29, 0.717) is 23.3 Å². The maximum atomic E-state index is 11.0. The lowest BCUT2D eigenvalue weighted by atomic mass is 9.89. The van der Waals surface area contributed by atoms with E-state index < -0.39 is 0 Å². The number of esters is 1. The average Bonchev–Trinajstić information content (AvgIpc) is 2.88. The van der Waals surface area contributed by atoms with Gasteiger partial charge in [-0.1, -0.05) is 31.0 Å². The summed E-state index contributed by atoms with van der Waals surface area (Å²) in [6.45, 7) is 0. The number of hydrogen-bond donors (Lipinski definition) is 0. The van der Waals surface area contributed by atoms with Crippen molar-refractivity contribution in [3.63, 3.8) is 0 Å². The minimum atomic E-state index is -0.213. The van der Waals surface area contributed by atoms with Crippen LogP contribution in [0.15, 0.2) is 9.64 Å². The van der Waals surface area contributed by atoms with Crippen LogP contribution in [0.25, 0.3) is 0 Å². The summed E-state index contributed by atoms with van der Waals surface area (Å²) in [5.74, 6) is 1.59. The largest absolute Gasteiger partial charge is 0.469 e. The van der Waals surface area contributed by atoms with E-state index in [4.69, 9.17) is 4.42 Å². The van der Waals surface area contributed by atoms with Gasteiger partial charge in [0, 0.05) is 11.7 Å². The molecule has 0 N–H and O–H groups in total. The Morgan fingerprint density at radius 3 is 2.89 bits per heavy atom. The zero-order valence-electron chi connectivity index (χ0n) is 10.6. The fraction of sp³-hybridized carbons (Fsp3) is 0.750. The number of rotatable bonds is 5. The summed E-state index contributed by atoms with van der Waals surface area (Å²) < 4.78 is 10.2. The van der Waals surface area contributed by atoms with Crippen molar-refractivity contribution in [2.45, 2.75) is 49.7 Å². The van der Waals surface area contributed by atoms with Crippen LogP contribution in [-0.4, -0.2) is 29.0 Å². The highest BCUT2D eigenvalue weighted by atomic mass is 32.2. The van der Waals surface area contributed by atoms with Crippen LogP contribution in [0.2, 0.25) is 0 Å². The Morgan fingerprint density at radius 1 is 1.39 bits per heavy atom. The molecule has 1 aromatic heterocycles. The summed E-state index contributed by atoms with van der Waals surface area (Å²) in [6.07, 6.45) is 6.46. The van der Waals surface area contributed by atoms with Crippen molar-refractivity contribution in [2.75, 3.05) is 12.9 Å². The van der Waals surface area contributed by atoms with Crippen LogP contribution < -0.4 is 0 Å². The number of aromatic nitrogens is 2. The molecule has 0 atom stereocenters. The van der Waals surface area contributed by atoms with Crippen molar-refractivity contribution in [2.24, 2.45) is 0 Å². The third-order valence-corrected chi connectivity index (χ3v) is 3.96.